The quantitative estimate of drug-likeness (QED) is 0.876. The molecule has 1 saturated heterocycles. The molecule has 3 aliphatic rings. The summed E-state index contributed by atoms with van der Waals surface area (Å²) >= 11 is 1.86. The molecular weight excluding hydrogens is 322 g/mol. The summed E-state index contributed by atoms with van der Waals surface area (Å²) < 4.78 is 5.78. The monoisotopic (exact) mass is 349 g/mol. The van der Waals surface area contributed by atoms with E-state index in [1.807, 2.05) is 11.3 Å². The molecule has 0 bridgehead atoms. The Balaban J connectivity index is 1.21. The van der Waals surface area contributed by atoms with E-state index in [9.17, 15) is 4.79 Å². The Morgan fingerprint density at radius 2 is 2.38 bits per heavy atom. The van der Waals surface area contributed by atoms with Crippen molar-refractivity contribution in [1.82, 2.24) is 15.5 Å². The zero-order valence-electron chi connectivity index (χ0n) is 14.5. The van der Waals surface area contributed by atoms with Gasteiger partial charge in [-0.1, -0.05) is 13.8 Å². The van der Waals surface area contributed by atoms with Crippen LogP contribution in [0.25, 0.3) is 0 Å². The van der Waals surface area contributed by atoms with Crippen molar-refractivity contribution < 1.29 is 9.53 Å². The normalized spacial score (nSPS) is 31.0. The highest BCUT2D eigenvalue weighted by molar-refractivity contribution is 7.10. The van der Waals surface area contributed by atoms with E-state index in [2.05, 4.69) is 40.8 Å². The summed E-state index contributed by atoms with van der Waals surface area (Å²) in [5, 5.41) is 8.40. The molecular formula is C18H27N3O2S. The predicted octanol–water partition coefficient (Wildman–Crippen LogP) is 2.22. The topological polar surface area (TPSA) is 53.6 Å². The number of urea groups is 1. The van der Waals surface area contributed by atoms with Crippen LogP contribution in [0.15, 0.2) is 11.4 Å². The third kappa shape index (κ3) is 2.85. The van der Waals surface area contributed by atoms with E-state index in [0.717, 1.165) is 39.1 Å². The highest BCUT2D eigenvalue weighted by Crippen LogP contribution is 2.52. The molecule has 1 aliphatic carbocycles. The predicted molar refractivity (Wildman–Crippen MR) is 95.3 cm³/mol. The van der Waals surface area contributed by atoms with Crippen LogP contribution in [0.3, 0.4) is 0 Å². The summed E-state index contributed by atoms with van der Waals surface area (Å²) in [5.74, 6) is 0.491. The van der Waals surface area contributed by atoms with Crippen molar-refractivity contribution >= 4 is 17.4 Å². The average molecular weight is 350 g/mol. The molecule has 4 rings (SSSR count). The largest absolute Gasteiger partial charge is 0.377 e. The maximum atomic E-state index is 12.2. The van der Waals surface area contributed by atoms with Crippen molar-refractivity contribution in [3.63, 3.8) is 0 Å². The number of nitrogens with zero attached hydrogens (tertiary/aromatic N) is 1. The molecule has 0 radical (unpaired) electrons. The number of thiophene rings is 1. The molecule has 2 amide bonds. The van der Waals surface area contributed by atoms with Gasteiger partial charge in [0.25, 0.3) is 0 Å². The van der Waals surface area contributed by atoms with E-state index in [-0.39, 0.29) is 17.5 Å². The Morgan fingerprint density at radius 3 is 3.25 bits per heavy atom. The molecule has 1 aromatic heterocycles. The van der Waals surface area contributed by atoms with Gasteiger partial charge in [0.1, 0.15) is 0 Å². The number of amides is 2. The third-order valence-corrected chi connectivity index (χ3v) is 7.01. The second-order valence-corrected chi connectivity index (χ2v) is 8.84. The molecule has 2 N–H and O–H groups in total. The molecule has 0 unspecified atom stereocenters. The molecule has 0 aromatic carbocycles. The fourth-order valence-electron chi connectivity index (χ4n) is 4.63. The first-order valence-corrected chi connectivity index (χ1v) is 9.87. The van der Waals surface area contributed by atoms with Gasteiger partial charge in [-0.15, -0.1) is 11.3 Å². The molecule has 3 atom stereocenters. The third-order valence-electron chi connectivity index (χ3n) is 5.99. The van der Waals surface area contributed by atoms with E-state index >= 15 is 0 Å². The first-order chi connectivity index (χ1) is 11.6. The van der Waals surface area contributed by atoms with Gasteiger partial charge in [0.2, 0.25) is 0 Å². The zero-order valence-corrected chi connectivity index (χ0v) is 15.3. The molecule has 1 saturated carbocycles. The molecule has 1 aromatic rings. The lowest BCUT2D eigenvalue weighted by atomic mass is 9.57. The number of carbonyl (C=O) groups excluding carboxylic acids is 1. The van der Waals surface area contributed by atoms with Crippen molar-refractivity contribution in [2.24, 2.45) is 11.3 Å². The maximum Gasteiger partial charge on any atom is 0.315 e. The lowest BCUT2D eigenvalue weighted by Crippen LogP contribution is -2.67. The summed E-state index contributed by atoms with van der Waals surface area (Å²) in [6.07, 6.45) is 2.52. The molecule has 6 heteroatoms. The summed E-state index contributed by atoms with van der Waals surface area (Å²) in [4.78, 5) is 16.2. The van der Waals surface area contributed by atoms with Gasteiger partial charge in [0.05, 0.1) is 6.10 Å². The summed E-state index contributed by atoms with van der Waals surface area (Å²) in [7, 11) is 0. The van der Waals surface area contributed by atoms with Crippen LogP contribution in [0.1, 0.15) is 30.7 Å². The van der Waals surface area contributed by atoms with Crippen LogP contribution in [0.2, 0.25) is 0 Å². The molecule has 2 fully saturated rings. The van der Waals surface area contributed by atoms with Crippen molar-refractivity contribution in [2.75, 3.05) is 26.2 Å². The highest BCUT2D eigenvalue weighted by atomic mass is 32.1. The Morgan fingerprint density at radius 1 is 1.50 bits per heavy atom. The van der Waals surface area contributed by atoms with Crippen LogP contribution in [0, 0.1) is 11.3 Å². The minimum absolute atomic E-state index is 0.0355. The van der Waals surface area contributed by atoms with Crippen LogP contribution in [-0.4, -0.2) is 49.3 Å². The lowest BCUT2D eigenvalue weighted by molar-refractivity contribution is -0.108. The first kappa shape index (κ1) is 16.4. The van der Waals surface area contributed by atoms with Gasteiger partial charge in [-0.2, -0.15) is 0 Å². The molecule has 2 aliphatic heterocycles. The number of nitrogens with one attached hydrogen (secondary N) is 2. The number of rotatable bonds is 4. The number of hydrogen-bond donors (Lipinski definition) is 2. The Bertz CT molecular complexity index is 615. The SMILES string of the molecule is CC1(C)[C@H](NC(=O)NCCN2CCc3sccc3C2)[C@H]2CCO[C@H]21. The van der Waals surface area contributed by atoms with Crippen molar-refractivity contribution in [1.29, 1.82) is 0 Å². The molecule has 5 nitrogen and oxygen atoms in total. The fourth-order valence-corrected chi connectivity index (χ4v) is 5.52. The summed E-state index contributed by atoms with van der Waals surface area (Å²) in [6, 6.07) is 2.42. The minimum atomic E-state index is -0.0355. The number of fused-ring (bicyclic) bond motifs is 2. The van der Waals surface area contributed by atoms with Crippen molar-refractivity contribution in [3.8, 4) is 0 Å². The Kier molecular flexibility index (Phi) is 4.31. The van der Waals surface area contributed by atoms with E-state index in [1.165, 1.54) is 10.4 Å². The highest BCUT2D eigenvalue weighted by Gasteiger charge is 2.59. The molecule has 24 heavy (non-hydrogen) atoms. The second-order valence-electron chi connectivity index (χ2n) is 7.84. The average Bonchev–Trinajstić information content (AvgIpc) is 3.20. The number of carbonyl (C=O) groups is 1. The van der Waals surface area contributed by atoms with Crippen LogP contribution in [0.5, 0.6) is 0 Å². The number of hydrogen-bond acceptors (Lipinski definition) is 4. The standard InChI is InChI=1S/C18H27N3O2S/c1-18(2)15(13-4-9-23-16(13)18)20-17(22)19-6-8-21-7-3-14-12(11-21)5-10-24-14/h5,10,13,15-16H,3-4,6-9,11H2,1-2H3,(H2,19,20,22)/t13-,15-,16-/m1/s1. The van der Waals surface area contributed by atoms with Crippen molar-refractivity contribution in [2.45, 2.75) is 45.4 Å². The van der Waals surface area contributed by atoms with Gasteiger partial charge in [-0.05, 0) is 29.9 Å². The van der Waals surface area contributed by atoms with E-state index in [0.29, 0.717) is 18.6 Å². The van der Waals surface area contributed by atoms with Crippen molar-refractivity contribution in [3.05, 3.63) is 21.9 Å². The van der Waals surface area contributed by atoms with Gasteiger partial charge >= 0.3 is 6.03 Å². The second kappa shape index (κ2) is 6.32. The van der Waals surface area contributed by atoms with E-state index in [4.69, 9.17) is 4.74 Å². The molecule has 132 valence electrons. The minimum Gasteiger partial charge on any atom is -0.377 e. The molecule has 0 spiro atoms. The maximum absolute atomic E-state index is 12.2. The van der Waals surface area contributed by atoms with Crippen LogP contribution < -0.4 is 10.6 Å². The number of ether oxygens (including phenoxy) is 1. The molecule has 3 heterocycles. The van der Waals surface area contributed by atoms with Gasteiger partial charge < -0.3 is 15.4 Å². The summed E-state index contributed by atoms with van der Waals surface area (Å²) in [6.45, 7) is 8.92. The van der Waals surface area contributed by atoms with Crippen LogP contribution in [-0.2, 0) is 17.7 Å². The van der Waals surface area contributed by atoms with Gasteiger partial charge in [0.15, 0.2) is 0 Å². The van der Waals surface area contributed by atoms with Gasteiger partial charge in [-0.25, -0.2) is 4.79 Å². The summed E-state index contributed by atoms with van der Waals surface area (Å²) in [5.41, 5.74) is 1.50. The fraction of sp³-hybridized carbons (Fsp3) is 0.722. The van der Waals surface area contributed by atoms with E-state index < -0.39 is 0 Å². The smallest absolute Gasteiger partial charge is 0.315 e. The Labute approximate surface area is 147 Å². The van der Waals surface area contributed by atoms with Crippen LogP contribution in [0.4, 0.5) is 4.79 Å². The Hall–Kier alpha value is -1.11. The van der Waals surface area contributed by atoms with Gasteiger partial charge in [0, 0.05) is 55.0 Å². The van der Waals surface area contributed by atoms with Crippen LogP contribution >= 0.6 is 11.3 Å². The zero-order chi connectivity index (χ0) is 16.7. The lowest BCUT2D eigenvalue weighted by Gasteiger charge is -2.54. The first-order valence-electron chi connectivity index (χ1n) is 8.99. The van der Waals surface area contributed by atoms with Gasteiger partial charge in [-0.3, -0.25) is 4.90 Å². The van der Waals surface area contributed by atoms with E-state index in [1.54, 1.807) is 0 Å².